The zero-order valence-electron chi connectivity index (χ0n) is 4.04. The van der Waals surface area contributed by atoms with E-state index >= 15 is 0 Å². The van der Waals surface area contributed by atoms with Crippen molar-refractivity contribution in [1.29, 1.82) is 0 Å². The molecule has 9 heavy (non-hydrogen) atoms. The predicted octanol–water partition coefficient (Wildman–Crippen LogP) is 0.796. The lowest BCUT2D eigenvalue weighted by molar-refractivity contribution is 0.286. The second-order valence-corrected chi connectivity index (χ2v) is 2.22. The zero-order chi connectivity index (χ0) is 5.91. The Kier molecular flexibility index (Phi) is 10.6. The molecule has 4 nitrogen and oxygen atoms in total. The molecule has 0 aliphatic rings. The van der Waals surface area contributed by atoms with Crippen LogP contribution in [0.3, 0.4) is 0 Å². The highest BCUT2D eigenvalue weighted by Crippen LogP contribution is 1.85. The van der Waals surface area contributed by atoms with E-state index in [-0.39, 0.29) is 14.9 Å². The first kappa shape index (κ1) is 15.9. The van der Waals surface area contributed by atoms with Gasteiger partial charge in [-0.15, -0.1) is 0 Å². The molecular weight excluding hydrogens is 144 g/mol. The lowest BCUT2D eigenvalue weighted by Gasteiger charge is -1.91. The topological polar surface area (TPSA) is 52.6 Å². The van der Waals surface area contributed by atoms with Gasteiger partial charge in [0.1, 0.15) is 0 Å². The fourth-order valence-corrected chi connectivity index (χ4v) is 0.204. The molecule has 0 bridgehead atoms. The Labute approximate surface area is 57.1 Å². The van der Waals surface area contributed by atoms with Crippen LogP contribution in [0.1, 0.15) is 14.9 Å². The van der Waals surface area contributed by atoms with Crippen LogP contribution in [0.5, 0.6) is 0 Å². The summed E-state index contributed by atoms with van der Waals surface area (Å²) >= 11 is 0. The summed E-state index contributed by atoms with van der Waals surface area (Å²) in [6.07, 6.45) is 0. The van der Waals surface area contributed by atoms with Crippen LogP contribution >= 0.6 is 0 Å². The van der Waals surface area contributed by atoms with Crippen LogP contribution in [0.2, 0.25) is 0 Å². The van der Waals surface area contributed by atoms with Gasteiger partial charge in [0.15, 0.2) is 0 Å². The molecule has 60 valence electrons. The van der Waals surface area contributed by atoms with E-state index in [1.807, 2.05) is 0 Å². The van der Waals surface area contributed by atoms with Gasteiger partial charge in [-0.2, -0.15) is 8.42 Å². The first-order chi connectivity index (χ1) is 3.12. The molecule has 0 rings (SSSR count). The summed E-state index contributed by atoms with van der Waals surface area (Å²) in [6, 6.07) is 0. The van der Waals surface area contributed by atoms with Crippen molar-refractivity contribution in [3.63, 3.8) is 0 Å². The van der Waals surface area contributed by atoms with E-state index in [0.29, 0.717) is 0 Å². The van der Waals surface area contributed by atoms with Crippen molar-refractivity contribution < 1.29 is 16.8 Å². The Bertz CT molecular complexity index is 116. The molecule has 0 aromatic heterocycles. The lowest BCUT2D eigenvalue weighted by Crippen LogP contribution is -2.02. The Morgan fingerprint density at radius 2 is 1.22 bits per heavy atom. The van der Waals surface area contributed by atoms with Gasteiger partial charge < -0.3 is 0 Å². The van der Waals surface area contributed by atoms with Crippen molar-refractivity contribution >= 4 is 10.4 Å². The molecule has 0 saturated heterocycles. The quantitative estimate of drug-likeness (QED) is 0.596. The van der Waals surface area contributed by atoms with Gasteiger partial charge >= 0.3 is 10.4 Å². The second kappa shape index (κ2) is 6.00. The summed E-state index contributed by atoms with van der Waals surface area (Å²) in [5, 5.41) is 0. The maximum atomic E-state index is 9.92. The van der Waals surface area contributed by atoms with E-state index in [0.717, 1.165) is 14.2 Å². The van der Waals surface area contributed by atoms with Crippen LogP contribution in [0, 0.1) is 0 Å². The summed E-state index contributed by atoms with van der Waals surface area (Å²) in [5.41, 5.74) is 0. The average Bonchev–Trinajstić information content (AvgIpc) is 1.68. The van der Waals surface area contributed by atoms with Crippen LogP contribution < -0.4 is 0 Å². The van der Waals surface area contributed by atoms with Crippen LogP contribution in [0.25, 0.3) is 0 Å². The molecule has 0 aliphatic heterocycles. The third kappa shape index (κ3) is 7.87. The largest absolute Gasteiger partial charge is 0.399 e. The molecule has 0 amide bonds. The number of hydrogen-bond donors (Lipinski definition) is 0. The molecule has 0 aromatic rings. The third-order valence-corrected chi connectivity index (χ3v) is 1.22. The summed E-state index contributed by atoms with van der Waals surface area (Å²) in [7, 11) is -1.60. The molecule has 0 saturated carbocycles. The Balaban J connectivity index is -0.000000180. The summed E-state index contributed by atoms with van der Waals surface area (Å²) in [5.74, 6) is 0. The van der Waals surface area contributed by atoms with Crippen molar-refractivity contribution in [2.75, 3.05) is 14.2 Å². The molecule has 0 atom stereocenters. The summed E-state index contributed by atoms with van der Waals surface area (Å²) in [6.45, 7) is 0. The predicted molar refractivity (Wildman–Crippen MR) is 36.4 cm³/mol. The van der Waals surface area contributed by atoms with Crippen LogP contribution in [-0.4, -0.2) is 22.6 Å². The minimum atomic E-state index is -3.66. The van der Waals surface area contributed by atoms with Gasteiger partial charge in [0.2, 0.25) is 0 Å². The molecular formula is C4H14O4S. The minimum Gasteiger partial charge on any atom is -0.252 e. The van der Waals surface area contributed by atoms with E-state index in [2.05, 4.69) is 8.37 Å². The Morgan fingerprint density at radius 3 is 1.22 bits per heavy atom. The normalized spacial score (nSPS) is 9.11. The first-order valence-electron chi connectivity index (χ1n) is 1.48. The van der Waals surface area contributed by atoms with E-state index in [4.69, 9.17) is 0 Å². The molecule has 0 fully saturated rings. The second-order valence-electron chi connectivity index (χ2n) is 0.742. The molecule has 0 spiro atoms. The molecule has 0 heterocycles. The minimum absolute atomic E-state index is 0. The van der Waals surface area contributed by atoms with Gasteiger partial charge in [0.25, 0.3) is 0 Å². The summed E-state index contributed by atoms with van der Waals surface area (Å²) in [4.78, 5) is 0. The molecule has 0 unspecified atom stereocenters. The Morgan fingerprint density at radius 1 is 1.00 bits per heavy atom. The van der Waals surface area contributed by atoms with E-state index < -0.39 is 10.4 Å². The lowest BCUT2D eigenvalue weighted by atomic mass is 11.8. The monoisotopic (exact) mass is 158 g/mol. The smallest absolute Gasteiger partial charge is 0.252 e. The molecule has 0 aromatic carbocycles. The van der Waals surface area contributed by atoms with E-state index in [1.165, 1.54) is 0 Å². The van der Waals surface area contributed by atoms with E-state index in [9.17, 15) is 8.42 Å². The van der Waals surface area contributed by atoms with Crippen molar-refractivity contribution in [2.45, 2.75) is 14.9 Å². The third-order valence-electron chi connectivity index (χ3n) is 0.408. The van der Waals surface area contributed by atoms with Crippen molar-refractivity contribution in [3.8, 4) is 0 Å². The van der Waals surface area contributed by atoms with E-state index in [1.54, 1.807) is 0 Å². The van der Waals surface area contributed by atoms with Crippen LogP contribution in [0.15, 0.2) is 0 Å². The highest BCUT2D eigenvalue weighted by molar-refractivity contribution is 7.81. The maximum Gasteiger partial charge on any atom is 0.399 e. The number of hydrogen-bond acceptors (Lipinski definition) is 4. The number of rotatable bonds is 2. The van der Waals surface area contributed by atoms with Crippen LogP contribution in [0.4, 0.5) is 0 Å². The van der Waals surface area contributed by atoms with Gasteiger partial charge in [-0.05, 0) is 0 Å². The van der Waals surface area contributed by atoms with Crippen molar-refractivity contribution in [3.05, 3.63) is 0 Å². The average molecular weight is 158 g/mol. The fraction of sp³-hybridized carbons (Fsp3) is 1.00. The Hall–Kier alpha value is -0.130. The highest BCUT2D eigenvalue weighted by Gasteiger charge is 2.01. The fourth-order valence-electron chi connectivity index (χ4n) is 0.0680. The van der Waals surface area contributed by atoms with Crippen molar-refractivity contribution in [1.82, 2.24) is 0 Å². The SMILES string of the molecule is C.C.COS(=O)(=O)OC. The van der Waals surface area contributed by atoms with Gasteiger partial charge in [-0.3, -0.25) is 8.37 Å². The molecule has 5 heteroatoms. The zero-order valence-corrected chi connectivity index (χ0v) is 4.86. The summed E-state index contributed by atoms with van der Waals surface area (Å²) < 4.78 is 27.5. The van der Waals surface area contributed by atoms with Gasteiger partial charge in [0.05, 0.1) is 14.2 Å². The van der Waals surface area contributed by atoms with Crippen LogP contribution in [-0.2, 0) is 18.8 Å². The standard InChI is InChI=1S/C2H6O4S.2CH4/c1-5-7(3,4)6-2;;/h1-2H3;2*1H4. The molecule has 0 aliphatic carbocycles. The molecule has 0 radical (unpaired) electrons. The highest BCUT2D eigenvalue weighted by atomic mass is 32.3. The maximum absolute atomic E-state index is 9.92. The van der Waals surface area contributed by atoms with Gasteiger partial charge in [-0.1, -0.05) is 14.9 Å². The van der Waals surface area contributed by atoms with Gasteiger partial charge in [0, 0.05) is 0 Å². The van der Waals surface area contributed by atoms with Crippen molar-refractivity contribution in [2.24, 2.45) is 0 Å². The first-order valence-corrected chi connectivity index (χ1v) is 2.82. The van der Waals surface area contributed by atoms with Gasteiger partial charge in [-0.25, -0.2) is 0 Å². The molecule has 0 N–H and O–H groups in total.